The third kappa shape index (κ3) is 4.78. The lowest BCUT2D eigenvalue weighted by Gasteiger charge is -2.16. The zero-order valence-corrected chi connectivity index (χ0v) is 18.7. The van der Waals surface area contributed by atoms with E-state index in [1.165, 1.54) is 23.5 Å². The van der Waals surface area contributed by atoms with Gasteiger partial charge in [-0.25, -0.2) is 4.98 Å². The Morgan fingerprint density at radius 2 is 1.82 bits per heavy atom. The summed E-state index contributed by atoms with van der Waals surface area (Å²) in [5.74, 6) is -0.648. The molecule has 2 heterocycles. The lowest BCUT2D eigenvalue weighted by atomic mass is 10.1. The maximum absolute atomic E-state index is 13.5. The van der Waals surface area contributed by atoms with Crippen molar-refractivity contribution >= 4 is 28.1 Å². The van der Waals surface area contributed by atoms with E-state index in [4.69, 9.17) is 5.73 Å². The molecule has 0 aliphatic carbocycles. The minimum absolute atomic E-state index is 0.0810. The molecule has 9 heteroatoms. The lowest BCUT2D eigenvalue weighted by Crippen LogP contribution is -2.15. The van der Waals surface area contributed by atoms with Crippen LogP contribution >= 0.6 is 11.3 Å². The molecule has 3 N–H and O–H groups in total. The molecule has 2 aromatic heterocycles. The minimum Gasteiger partial charge on any atom is -0.366 e. The fourth-order valence-electron chi connectivity index (χ4n) is 3.62. The summed E-state index contributed by atoms with van der Waals surface area (Å²) in [7, 11) is 0. The summed E-state index contributed by atoms with van der Waals surface area (Å²) in [6.45, 7) is 3.58. The number of hydrogen-bond acceptors (Lipinski definition) is 4. The van der Waals surface area contributed by atoms with Gasteiger partial charge in [-0.2, -0.15) is 13.2 Å². The van der Waals surface area contributed by atoms with Gasteiger partial charge in [-0.15, -0.1) is 11.3 Å². The summed E-state index contributed by atoms with van der Waals surface area (Å²) >= 11 is 1.36. The van der Waals surface area contributed by atoms with Gasteiger partial charge in [0.1, 0.15) is 0 Å². The maximum Gasteiger partial charge on any atom is 0.416 e. The van der Waals surface area contributed by atoms with Gasteiger partial charge in [0.25, 0.3) is 5.91 Å². The molecule has 0 bridgehead atoms. The van der Waals surface area contributed by atoms with Crippen LogP contribution in [-0.4, -0.2) is 15.5 Å². The number of nitrogens with one attached hydrogen (secondary N) is 1. The van der Waals surface area contributed by atoms with E-state index in [0.717, 1.165) is 17.3 Å². The van der Waals surface area contributed by atoms with Crippen molar-refractivity contribution in [2.75, 3.05) is 5.32 Å². The molecule has 0 fully saturated rings. The molecule has 0 spiro atoms. The Morgan fingerprint density at radius 3 is 2.48 bits per heavy atom. The number of thiazole rings is 1. The van der Waals surface area contributed by atoms with Crippen LogP contribution in [0.25, 0.3) is 11.4 Å². The van der Waals surface area contributed by atoms with Crippen LogP contribution in [0.2, 0.25) is 0 Å². The summed E-state index contributed by atoms with van der Waals surface area (Å²) in [6.07, 6.45) is -4.49. The largest absolute Gasteiger partial charge is 0.416 e. The number of halogens is 3. The van der Waals surface area contributed by atoms with Crippen LogP contribution in [0.15, 0.2) is 60.0 Å². The first-order valence-electron chi connectivity index (χ1n) is 10.1. The Balaban J connectivity index is 1.73. The first-order chi connectivity index (χ1) is 15.6. The van der Waals surface area contributed by atoms with Gasteiger partial charge < -0.3 is 15.6 Å². The van der Waals surface area contributed by atoms with Crippen molar-refractivity contribution in [2.45, 2.75) is 26.6 Å². The fraction of sp³-hybridized carbons (Fsp3) is 0.167. The summed E-state index contributed by atoms with van der Waals surface area (Å²) < 4.78 is 42.3. The SMILES string of the molecule is Cc1ccc(Nc2nc(-c3cc(C(N)=O)c(C)n3Cc3ccccc3C(F)(F)F)cs2)cc1. The van der Waals surface area contributed by atoms with Gasteiger partial charge in [0, 0.05) is 23.3 Å². The molecule has 0 aliphatic rings. The highest BCUT2D eigenvalue weighted by Crippen LogP contribution is 2.35. The standard InChI is InChI=1S/C24H21F3N4OS/c1-14-7-9-17(10-8-14)29-23-30-20(13-33-23)21-11-18(22(28)32)15(2)31(21)12-16-5-3-4-6-19(16)24(25,26)27/h3-11,13H,12H2,1-2H3,(H2,28,32)(H,29,30). The van der Waals surface area contributed by atoms with Crippen LogP contribution in [0, 0.1) is 13.8 Å². The number of aryl methyl sites for hydroxylation is 1. The van der Waals surface area contributed by atoms with E-state index < -0.39 is 17.6 Å². The van der Waals surface area contributed by atoms with Crippen molar-refractivity contribution in [3.8, 4) is 11.4 Å². The number of benzene rings is 2. The highest BCUT2D eigenvalue weighted by atomic mass is 32.1. The highest BCUT2D eigenvalue weighted by molar-refractivity contribution is 7.14. The average molecular weight is 471 g/mol. The van der Waals surface area contributed by atoms with Gasteiger partial charge in [0.15, 0.2) is 5.13 Å². The topological polar surface area (TPSA) is 72.9 Å². The summed E-state index contributed by atoms with van der Waals surface area (Å²) in [6, 6.07) is 14.8. The smallest absolute Gasteiger partial charge is 0.366 e. The Kier molecular flexibility index (Phi) is 5.99. The molecule has 33 heavy (non-hydrogen) atoms. The van der Waals surface area contributed by atoms with Crippen LogP contribution in [0.3, 0.4) is 0 Å². The van der Waals surface area contributed by atoms with Crippen molar-refractivity contribution in [1.29, 1.82) is 0 Å². The third-order valence-electron chi connectivity index (χ3n) is 5.35. The van der Waals surface area contributed by atoms with Gasteiger partial charge in [-0.3, -0.25) is 4.79 Å². The molecule has 0 atom stereocenters. The van der Waals surface area contributed by atoms with Crippen molar-refractivity contribution in [3.05, 3.63) is 87.9 Å². The van der Waals surface area contributed by atoms with E-state index in [9.17, 15) is 18.0 Å². The number of alkyl halides is 3. The van der Waals surface area contributed by atoms with E-state index in [-0.39, 0.29) is 17.7 Å². The minimum atomic E-state index is -4.49. The Hall–Kier alpha value is -3.59. The first-order valence-corrected chi connectivity index (χ1v) is 11.0. The Labute approximate surface area is 192 Å². The van der Waals surface area contributed by atoms with Gasteiger partial charge >= 0.3 is 6.18 Å². The van der Waals surface area contributed by atoms with Crippen LogP contribution in [0.5, 0.6) is 0 Å². The van der Waals surface area contributed by atoms with Gasteiger partial charge in [-0.05, 0) is 43.7 Å². The fourth-order valence-corrected chi connectivity index (χ4v) is 4.35. The number of anilines is 2. The van der Waals surface area contributed by atoms with E-state index >= 15 is 0 Å². The van der Waals surface area contributed by atoms with Crippen LogP contribution in [-0.2, 0) is 12.7 Å². The summed E-state index contributed by atoms with van der Waals surface area (Å²) in [5, 5.41) is 5.64. The van der Waals surface area contributed by atoms with Crippen molar-refractivity contribution < 1.29 is 18.0 Å². The second-order valence-corrected chi connectivity index (χ2v) is 8.52. The predicted molar refractivity (Wildman–Crippen MR) is 124 cm³/mol. The number of primary amides is 1. The lowest BCUT2D eigenvalue weighted by molar-refractivity contribution is -0.138. The molecule has 5 nitrogen and oxygen atoms in total. The maximum atomic E-state index is 13.5. The number of aromatic nitrogens is 2. The Bertz CT molecular complexity index is 1310. The molecular weight excluding hydrogens is 449 g/mol. The zero-order valence-electron chi connectivity index (χ0n) is 17.9. The molecule has 2 aromatic carbocycles. The van der Waals surface area contributed by atoms with Crippen LogP contribution in [0.4, 0.5) is 24.0 Å². The van der Waals surface area contributed by atoms with Gasteiger partial charge in [0.2, 0.25) is 0 Å². The molecule has 0 radical (unpaired) electrons. The predicted octanol–water partition coefficient (Wildman–Crippen LogP) is 6.14. The van der Waals surface area contributed by atoms with Crippen LogP contribution < -0.4 is 11.1 Å². The van der Waals surface area contributed by atoms with E-state index in [1.54, 1.807) is 29.0 Å². The number of rotatable bonds is 6. The Morgan fingerprint density at radius 1 is 1.12 bits per heavy atom. The molecule has 4 rings (SSSR count). The molecule has 0 saturated carbocycles. The first kappa shape index (κ1) is 22.6. The average Bonchev–Trinajstić information content (AvgIpc) is 3.34. The summed E-state index contributed by atoms with van der Waals surface area (Å²) in [5.41, 5.74) is 8.68. The van der Waals surface area contributed by atoms with Crippen molar-refractivity contribution in [3.63, 3.8) is 0 Å². The molecule has 0 aliphatic heterocycles. The highest BCUT2D eigenvalue weighted by Gasteiger charge is 2.33. The second kappa shape index (κ2) is 8.74. The monoisotopic (exact) mass is 470 g/mol. The van der Waals surface area contributed by atoms with E-state index in [2.05, 4.69) is 10.3 Å². The molecule has 170 valence electrons. The normalized spacial score (nSPS) is 11.5. The molecule has 0 unspecified atom stereocenters. The van der Waals surface area contributed by atoms with Gasteiger partial charge in [0.05, 0.1) is 22.5 Å². The van der Waals surface area contributed by atoms with E-state index in [1.807, 2.05) is 31.2 Å². The second-order valence-electron chi connectivity index (χ2n) is 7.66. The van der Waals surface area contributed by atoms with Crippen LogP contribution in [0.1, 0.15) is 32.7 Å². The number of nitrogens with zero attached hydrogens (tertiary/aromatic N) is 2. The number of carbonyl (C=O) groups is 1. The summed E-state index contributed by atoms with van der Waals surface area (Å²) in [4.78, 5) is 16.6. The molecule has 0 saturated heterocycles. The third-order valence-corrected chi connectivity index (χ3v) is 6.11. The number of carbonyl (C=O) groups excluding carboxylic acids is 1. The van der Waals surface area contributed by atoms with E-state index in [0.29, 0.717) is 22.2 Å². The number of hydrogen-bond donors (Lipinski definition) is 2. The molecule has 4 aromatic rings. The van der Waals surface area contributed by atoms with Crippen molar-refractivity contribution in [1.82, 2.24) is 9.55 Å². The van der Waals surface area contributed by atoms with Gasteiger partial charge in [-0.1, -0.05) is 35.9 Å². The molecule has 1 amide bonds. The number of amides is 1. The zero-order chi connectivity index (χ0) is 23.8. The quantitative estimate of drug-likeness (QED) is 0.356. The molecular formula is C24H21F3N4OS. The van der Waals surface area contributed by atoms with Crippen molar-refractivity contribution in [2.24, 2.45) is 5.73 Å². The number of nitrogens with two attached hydrogens (primary N) is 1.